The van der Waals surface area contributed by atoms with Crippen molar-refractivity contribution in [2.45, 2.75) is 0 Å². The van der Waals surface area contributed by atoms with Gasteiger partial charge in [0.2, 0.25) is 0 Å². The van der Waals surface area contributed by atoms with Gasteiger partial charge < -0.3 is 4.74 Å². The van der Waals surface area contributed by atoms with Crippen LogP contribution in [-0.2, 0) is 0 Å². The Morgan fingerprint density at radius 1 is 1.29 bits per heavy atom. The minimum atomic E-state index is 0.384. The minimum Gasteiger partial charge on any atom is -0.467 e. The van der Waals surface area contributed by atoms with Gasteiger partial charge in [0.05, 0.1) is 0 Å². The van der Waals surface area contributed by atoms with E-state index in [2.05, 4.69) is 15.2 Å². The third kappa shape index (κ3) is 0.970. The van der Waals surface area contributed by atoms with Crippen LogP contribution in [0.5, 0.6) is 5.75 Å². The second-order valence-electron chi connectivity index (χ2n) is 3.01. The van der Waals surface area contributed by atoms with Gasteiger partial charge in [0.15, 0.2) is 12.5 Å². The molecule has 0 aliphatic carbocycles. The normalized spacial score (nSPS) is 16.0. The fourth-order valence-electron chi connectivity index (χ4n) is 1.52. The SMILES string of the molecule is C1=CN=Nc2c3c(ccc2=C1)=NCO3. The number of ether oxygens (including phenoxy) is 1. The maximum Gasteiger partial charge on any atom is 0.180 e. The summed E-state index contributed by atoms with van der Waals surface area (Å²) in [7, 11) is 0. The molecule has 0 N–H and O–H groups in total. The first-order valence-corrected chi connectivity index (χ1v) is 4.33. The summed E-state index contributed by atoms with van der Waals surface area (Å²) in [4.78, 5) is 4.18. The summed E-state index contributed by atoms with van der Waals surface area (Å²) in [5, 5.41) is 9.83. The highest BCUT2D eigenvalue weighted by molar-refractivity contribution is 5.58. The zero-order chi connectivity index (χ0) is 9.38. The summed E-state index contributed by atoms with van der Waals surface area (Å²) in [5.74, 6) is 0.742. The van der Waals surface area contributed by atoms with Gasteiger partial charge in [-0.1, -0.05) is 12.1 Å². The zero-order valence-electron chi connectivity index (χ0n) is 7.34. The van der Waals surface area contributed by atoms with Gasteiger partial charge in [0.25, 0.3) is 0 Å². The Morgan fingerprint density at radius 2 is 2.29 bits per heavy atom. The Kier molecular flexibility index (Phi) is 1.47. The van der Waals surface area contributed by atoms with E-state index in [1.54, 1.807) is 6.20 Å². The van der Waals surface area contributed by atoms with Gasteiger partial charge >= 0.3 is 0 Å². The zero-order valence-corrected chi connectivity index (χ0v) is 7.34. The average Bonchev–Trinajstić information content (AvgIpc) is 2.55. The molecule has 1 aromatic rings. The van der Waals surface area contributed by atoms with Gasteiger partial charge in [0, 0.05) is 11.4 Å². The molecular weight excluding hydrogens is 178 g/mol. The molecule has 0 radical (unpaired) electrons. The van der Waals surface area contributed by atoms with E-state index in [4.69, 9.17) is 4.74 Å². The highest BCUT2D eigenvalue weighted by Crippen LogP contribution is 2.22. The second-order valence-corrected chi connectivity index (χ2v) is 3.01. The molecule has 1 aromatic carbocycles. The Morgan fingerprint density at radius 3 is 3.29 bits per heavy atom. The van der Waals surface area contributed by atoms with Crippen molar-refractivity contribution < 1.29 is 4.74 Å². The molecule has 0 atom stereocenters. The maximum absolute atomic E-state index is 5.38. The number of fused-ring (bicyclic) bond motifs is 3. The number of nitrogens with zero attached hydrogens (tertiary/aromatic N) is 3. The molecule has 68 valence electrons. The van der Waals surface area contributed by atoms with Crippen molar-refractivity contribution in [3.8, 4) is 5.75 Å². The van der Waals surface area contributed by atoms with Crippen molar-refractivity contribution in [1.82, 2.24) is 0 Å². The first kappa shape index (κ1) is 7.44. The van der Waals surface area contributed by atoms with Crippen LogP contribution in [0.1, 0.15) is 0 Å². The summed E-state index contributed by atoms with van der Waals surface area (Å²) < 4.78 is 5.38. The van der Waals surface area contributed by atoms with E-state index >= 15 is 0 Å². The quantitative estimate of drug-likeness (QED) is 0.595. The van der Waals surface area contributed by atoms with Crippen LogP contribution in [0.25, 0.3) is 6.08 Å². The molecular formula is C10H7N3O. The van der Waals surface area contributed by atoms with Crippen LogP contribution in [0.4, 0.5) is 5.69 Å². The molecule has 0 bridgehead atoms. The van der Waals surface area contributed by atoms with Crippen LogP contribution in [0.2, 0.25) is 0 Å². The number of rotatable bonds is 0. The maximum atomic E-state index is 5.38. The molecule has 0 amide bonds. The molecule has 0 unspecified atom stereocenters. The minimum absolute atomic E-state index is 0.384. The number of hydrogen-bond donors (Lipinski definition) is 0. The first-order valence-electron chi connectivity index (χ1n) is 4.33. The predicted molar refractivity (Wildman–Crippen MR) is 50.8 cm³/mol. The topological polar surface area (TPSA) is 46.3 Å². The summed E-state index contributed by atoms with van der Waals surface area (Å²) >= 11 is 0. The highest BCUT2D eigenvalue weighted by atomic mass is 16.5. The van der Waals surface area contributed by atoms with Crippen molar-refractivity contribution >= 4 is 11.8 Å². The van der Waals surface area contributed by atoms with Crippen molar-refractivity contribution in [3.63, 3.8) is 0 Å². The van der Waals surface area contributed by atoms with E-state index in [1.807, 2.05) is 24.3 Å². The van der Waals surface area contributed by atoms with Crippen LogP contribution in [0, 0.1) is 0 Å². The number of allylic oxidation sites excluding steroid dienone is 1. The van der Waals surface area contributed by atoms with Crippen LogP contribution in [0.3, 0.4) is 0 Å². The molecule has 0 saturated heterocycles. The molecule has 3 rings (SSSR count). The molecule has 4 nitrogen and oxygen atoms in total. The van der Waals surface area contributed by atoms with Gasteiger partial charge in [0.1, 0.15) is 11.0 Å². The fraction of sp³-hybridized carbons (Fsp3) is 0.100. The molecule has 2 aliphatic rings. The molecule has 0 spiro atoms. The van der Waals surface area contributed by atoms with Crippen LogP contribution in [-0.4, -0.2) is 6.73 Å². The van der Waals surface area contributed by atoms with E-state index in [1.165, 1.54) is 0 Å². The summed E-state index contributed by atoms with van der Waals surface area (Å²) in [6.45, 7) is 0.384. The smallest absolute Gasteiger partial charge is 0.180 e. The molecule has 2 aliphatic heterocycles. The van der Waals surface area contributed by atoms with Crippen molar-refractivity contribution in [1.29, 1.82) is 0 Å². The Balaban J connectivity index is 2.42. The van der Waals surface area contributed by atoms with Gasteiger partial charge in [-0.05, 0) is 12.1 Å². The van der Waals surface area contributed by atoms with E-state index in [-0.39, 0.29) is 0 Å². The number of hydrogen-bond acceptors (Lipinski definition) is 4. The van der Waals surface area contributed by atoms with E-state index in [9.17, 15) is 0 Å². The third-order valence-corrected chi connectivity index (χ3v) is 2.17. The lowest BCUT2D eigenvalue weighted by atomic mass is 10.2. The number of benzene rings is 1. The van der Waals surface area contributed by atoms with Crippen LogP contribution < -0.4 is 15.3 Å². The number of azo groups is 1. The Hall–Kier alpha value is -1.97. The van der Waals surface area contributed by atoms with Crippen LogP contribution >= 0.6 is 0 Å². The first-order chi connectivity index (χ1) is 6.95. The Labute approximate surface area is 80.0 Å². The lowest BCUT2D eigenvalue weighted by Gasteiger charge is -1.99. The van der Waals surface area contributed by atoms with Gasteiger partial charge in [-0.2, -0.15) is 5.11 Å². The van der Waals surface area contributed by atoms with E-state index < -0.39 is 0 Å². The van der Waals surface area contributed by atoms with E-state index in [0.717, 1.165) is 22.0 Å². The molecule has 14 heavy (non-hydrogen) atoms. The van der Waals surface area contributed by atoms with Crippen molar-refractivity contribution in [3.05, 3.63) is 35.0 Å². The fourth-order valence-corrected chi connectivity index (χ4v) is 1.52. The van der Waals surface area contributed by atoms with Crippen molar-refractivity contribution in [2.75, 3.05) is 6.73 Å². The average molecular weight is 185 g/mol. The summed E-state index contributed by atoms with van der Waals surface area (Å²) in [6, 6.07) is 3.91. The standard InChI is InChI=1S/C10H7N3O/c1-2-7-3-4-8-10(14-6-11-8)9(7)13-12-5-1/h1-5H,6H2. The molecule has 2 heterocycles. The molecule has 0 saturated carbocycles. The Bertz CT molecular complexity index is 557. The van der Waals surface area contributed by atoms with Gasteiger partial charge in [-0.15, -0.1) is 5.11 Å². The van der Waals surface area contributed by atoms with Gasteiger partial charge in [-0.25, -0.2) is 4.99 Å². The summed E-state index contributed by atoms with van der Waals surface area (Å²) in [5.41, 5.74) is 0.772. The van der Waals surface area contributed by atoms with Crippen molar-refractivity contribution in [2.24, 2.45) is 15.2 Å². The van der Waals surface area contributed by atoms with Gasteiger partial charge in [-0.3, -0.25) is 0 Å². The predicted octanol–water partition coefficient (Wildman–Crippen LogP) is 1.05. The largest absolute Gasteiger partial charge is 0.467 e. The lowest BCUT2D eigenvalue weighted by Crippen LogP contribution is -2.08. The lowest BCUT2D eigenvalue weighted by molar-refractivity contribution is 0.353. The van der Waals surface area contributed by atoms with Crippen LogP contribution in [0.15, 0.2) is 39.6 Å². The summed E-state index contributed by atoms with van der Waals surface area (Å²) in [6.07, 6.45) is 5.46. The second kappa shape index (κ2) is 2.77. The highest BCUT2D eigenvalue weighted by Gasteiger charge is 2.12. The monoisotopic (exact) mass is 185 g/mol. The molecule has 4 heteroatoms. The molecule has 0 aromatic heterocycles. The third-order valence-electron chi connectivity index (χ3n) is 2.17. The van der Waals surface area contributed by atoms with E-state index in [0.29, 0.717) is 6.73 Å². The molecule has 0 fully saturated rings.